The molecule has 5 heteroatoms. The molecule has 140 valence electrons. The monoisotopic (exact) mass is 362 g/mol. The molecule has 1 aliphatic rings. The average molecular weight is 362 g/mol. The summed E-state index contributed by atoms with van der Waals surface area (Å²) in [5, 5.41) is 5.21. The van der Waals surface area contributed by atoms with Crippen LogP contribution in [0.1, 0.15) is 41.3 Å². The molecule has 0 aliphatic carbocycles. The van der Waals surface area contributed by atoms with Gasteiger partial charge >= 0.3 is 0 Å². The van der Waals surface area contributed by atoms with Gasteiger partial charge in [-0.25, -0.2) is 4.98 Å². The molecular formula is C22H26N4O. The van der Waals surface area contributed by atoms with Crippen LogP contribution in [-0.4, -0.2) is 38.7 Å². The molecule has 0 saturated carbocycles. The van der Waals surface area contributed by atoms with Crippen LogP contribution in [0.3, 0.4) is 0 Å². The van der Waals surface area contributed by atoms with Gasteiger partial charge in [-0.2, -0.15) is 5.10 Å². The summed E-state index contributed by atoms with van der Waals surface area (Å²) >= 11 is 0. The van der Waals surface area contributed by atoms with E-state index in [0.717, 1.165) is 52.8 Å². The van der Waals surface area contributed by atoms with Gasteiger partial charge in [0.1, 0.15) is 0 Å². The van der Waals surface area contributed by atoms with E-state index >= 15 is 0 Å². The molecule has 1 aromatic carbocycles. The van der Waals surface area contributed by atoms with E-state index in [9.17, 15) is 4.79 Å². The van der Waals surface area contributed by atoms with Crippen molar-refractivity contribution in [2.75, 3.05) is 13.1 Å². The highest BCUT2D eigenvalue weighted by Gasteiger charge is 2.25. The predicted octanol–water partition coefficient (Wildman–Crippen LogP) is 4.12. The lowest BCUT2D eigenvalue weighted by molar-refractivity contribution is 0.0685. The molecule has 3 heterocycles. The average Bonchev–Trinajstić information content (AvgIpc) is 3.10. The summed E-state index contributed by atoms with van der Waals surface area (Å²) in [6.07, 6.45) is 6.01. The quantitative estimate of drug-likeness (QED) is 0.689. The molecule has 1 atom stereocenters. The largest absolute Gasteiger partial charge is 0.338 e. The molecular weight excluding hydrogens is 336 g/mol. The van der Waals surface area contributed by atoms with Gasteiger partial charge in [0, 0.05) is 37.3 Å². The maximum Gasteiger partial charge on any atom is 0.254 e. The van der Waals surface area contributed by atoms with Crippen LogP contribution < -0.4 is 0 Å². The van der Waals surface area contributed by atoms with Crippen LogP contribution in [0.2, 0.25) is 0 Å². The minimum Gasteiger partial charge on any atom is -0.338 e. The molecule has 27 heavy (non-hydrogen) atoms. The molecule has 1 aliphatic heterocycles. The topological polar surface area (TPSA) is 51.0 Å². The van der Waals surface area contributed by atoms with Gasteiger partial charge in [-0.1, -0.05) is 19.1 Å². The maximum atomic E-state index is 13.4. The highest BCUT2D eigenvalue weighted by atomic mass is 16.2. The van der Waals surface area contributed by atoms with Crippen LogP contribution in [0.25, 0.3) is 22.2 Å². The Morgan fingerprint density at radius 2 is 2.07 bits per heavy atom. The first-order chi connectivity index (χ1) is 12.9. The highest BCUT2D eigenvalue weighted by Crippen LogP contribution is 2.30. The fourth-order valence-corrected chi connectivity index (χ4v) is 3.95. The van der Waals surface area contributed by atoms with Gasteiger partial charge < -0.3 is 4.90 Å². The van der Waals surface area contributed by atoms with E-state index in [1.807, 2.05) is 30.3 Å². The number of piperidine rings is 1. The lowest BCUT2D eigenvalue weighted by atomic mass is 9.96. The molecule has 0 bridgehead atoms. The standard InChI is InChI=1S/C22H26N4O/c1-14-6-5-9-26(12-14)22(27)19-10-20(17-11-23-25(4)13-17)24-21-16(3)15(2)7-8-18(19)21/h7-8,10-11,13-14H,5-6,9,12H2,1-4H3/t14-/m0/s1. The number of aromatic nitrogens is 3. The molecule has 3 aromatic rings. The third-order valence-corrected chi connectivity index (χ3v) is 5.68. The van der Waals surface area contributed by atoms with Gasteiger partial charge in [-0.3, -0.25) is 9.48 Å². The minimum absolute atomic E-state index is 0.113. The van der Waals surface area contributed by atoms with Crippen LogP contribution in [-0.2, 0) is 7.05 Å². The fourth-order valence-electron chi connectivity index (χ4n) is 3.95. The Balaban J connectivity index is 1.89. The van der Waals surface area contributed by atoms with E-state index in [-0.39, 0.29) is 5.91 Å². The van der Waals surface area contributed by atoms with Crippen molar-refractivity contribution < 1.29 is 4.79 Å². The summed E-state index contributed by atoms with van der Waals surface area (Å²) < 4.78 is 1.76. The molecule has 0 radical (unpaired) electrons. The Hall–Kier alpha value is -2.69. The Bertz CT molecular complexity index is 1020. The molecule has 0 spiro atoms. The zero-order chi connectivity index (χ0) is 19.1. The van der Waals surface area contributed by atoms with Crippen molar-refractivity contribution in [2.24, 2.45) is 13.0 Å². The van der Waals surface area contributed by atoms with Crippen molar-refractivity contribution >= 4 is 16.8 Å². The normalized spacial score (nSPS) is 17.5. The molecule has 1 saturated heterocycles. The Morgan fingerprint density at radius 3 is 2.78 bits per heavy atom. The van der Waals surface area contributed by atoms with Crippen molar-refractivity contribution in [3.63, 3.8) is 0 Å². The van der Waals surface area contributed by atoms with Crippen LogP contribution in [0.5, 0.6) is 0 Å². The van der Waals surface area contributed by atoms with E-state index in [2.05, 4.69) is 31.9 Å². The minimum atomic E-state index is 0.113. The number of amides is 1. The molecule has 1 amide bonds. The Kier molecular flexibility index (Phi) is 4.46. The number of pyridine rings is 1. The number of hydrogen-bond donors (Lipinski definition) is 0. The molecule has 4 rings (SSSR count). The van der Waals surface area contributed by atoms with Crippen molar-refractivity contribution in [1.29, 1.82) is 0 Å². The summed E-state index contributed by atoms with van der Waals surface area (Å²) in [5.41, 5.74) is 5.70. The molecule has 5 nitrogen and oxygen atoms in total. The van der Waals surface area contributed by atoms with E-state index in [0.29, 0.717) is 5.92 Å². The van der Waals surface area contributed by atoms with Crippen LogP contribution in [0, 0.1) is 19.8 Å². The van der Waals surface area contributed by atoms with Crippen molar-refractivity contribution in [1.82, 2.24) is 19.7 Å². The number of aryl methyl sites for hydroxylation is 3. The van der Waals surface area contributed by atoms with Crippen molar-refractivity contribution in [3.8, 4) is 11.3 Å². The van der Waals surface area contributed by atoms with Gasteiger partial charge in [-0.15, -0.1) is 0 Å². The number of likely N-dealkylation sites (tertiary alicyclic amines) is 1. The van der Waals surface area contributed by atoms with E-state index in [1.54, 1.807) is 10.9 Å². The number of nitrogens with zero attached hydrogens (tertiary/aromatic N) is 4. The molecule has 0 unspecified atom stereocenters. The summed E-state index contributed by atoms with van der Waals surface area (Å²) in [5.74, 6) is 0.667. The molecule has 0 N–H and O–H groups in total. The third kappa shape index (κ3) is 3.22. The predicted molar refractivity (Wildman–Crippen MR) is 108 cm³/mol. The third-order valence-electron chi connectivity index (χ3n) is 5.68. The summed E-state index contributed by atoms with van der Waals surface area (Å²) in [6, 6.07) is 6.06. The maximum absolute atomic E-state index is 13.4. The number of carbonyl (C=O) groups is 1. The summed E-state index contributed by atoms with van der Waals surface area (Å²) in [6.45, 7) is 8.05. The lowest BCUT2D eigenvalue weighted by Gasteiger charge is -2.31. The fraction of sp³-hybridized carbons (Fsp3) is 0.409. The first kappa shape index (κ1) is 17.7. The summed E-state index contributed by atoms with van der Waals surface area (Å²) in [7, 11) is 1.89. The number of hydrogen-bond acceptors (Lipinski definition) is 3. The number of fused-ring (bicyclic) bond motifs is 1. The second-order valence-electron chi connectivity index (χ2n) is 7.86. The SMILES string of the molecule is Cc1ccc2c(C(=O)N3CCC[C@H](C)C3)cc(-c3cnn(C)c3)nc2c1C. The van der Waals surface area contributed by atoms with Crippen molar-refractivity contribution in [2.45, 2.75) is 33.6 Å². The molecule has 1 fully saturated rings. The second-order valence-corrected chi connectivity index (χ2v) is 7.86. The Morgan fingerprint density at radius 1 is 1.26 bits per heavy atom. The number of carbonyl (C=O) groups excluding carboxylic acids is 1. The zero-order valence-corrected chi connectivity index (χ0v) is 16.5. The number of rotatable bonds is 2. The van der Waals surface area contributed by atoms with Crippen molar-refractivity contribution in [3.05, 3.63) is 47.3 Å². The molecule has 2 aromatic heterocycles. The van der Waals surface area contributed by atoms with Gasteiger partial charge in [0.2, 0.25) is 0 Å². The van der Waals surface area contributed by atoms with Gasteiger partial charge in [0.05, 0.1) is 23.0 Å². The lowest BCUT2D eigenvalue weighted by Crippen LogP contribution is -2.39. The summed E-state index contributed by atoms with van der Waals surface area (Å²) in [4.78, 5) is 20.3. The van der Waals surface area contributed by atoms with Gasteiger partial charge in [-0.05, 0) is 49.8 Å². The van der Waals surface area contributed by atoms with Gasteiger partial charge in [0.15, 0.2) is 0 Å². The van der Waals surface area contributed by atoms with Crippen LogP contribution in [0.4, 0.5) is 0 Å². The van der Waals surface area contributed by atoms with E-state index in [1.165, 1.54) is 12.0 Å². The Labute approximate surface area is 160 Å². The van der Waals surface area contributed by atoms with Crippen LogP contribution >= 0.6 is 0 Å². The zero-order valence-electron chi connectivity index (χ0n) is 16.5. The first-order valence-corrected chi connectivity index (χ1v) is 9.63. The smallest absolute Gasteiger partial charge is 0.254 e. The second kappa shape index (κ2) is 6.80. The van der Waals surface area contributed by atoms with Crippen LogP contribution in [0.15, 0.2) is 30.6 Å². The van der Waals surface area contributed by atoms with E-state index in [4.69, 9.17) is 4.98 Å². The van der Waals surface area contributed by atoms with E-state index < -0.39 is 0 Å². The first-order valence-electron chi connectivity index (χ1n) is 9.63. The van der Waals surface area contributed by atoms with Gasteiger partial charge in [0.25, 0.3) is 5.91 Å². The number of benzene rings is 1. The highest BCUT2D eigenvalue weighted by molar-refractivity contribution is 6.08.